The summed E-state index contributed by atoms with van der Waals surface area (Å²) in [6.45, 7) is 2.96. The second kappa shape index (κ2) is 11.3. The zero-order chi connectivity index (χ0) is 15.7. The van der Waals surface area contributed by atoms with Gasteiger partial charge in [0.25, 0.3) is 0 Å². The molecule has 0 heterocycles. The van der Waals surface area contributed by atoms with Crippen molar-refractivity contribution in [3.8, 4) is 5.75 Å². The van der Waals surface area contributed by atoms with Gasteiger partial charge in [-0.05, 0) is 44.3 Å². The number of halogens is 1. The lowest BCUT2D eigenvalue weighted by Crippen LogP contribution is -2.27. The van der Waals surface area contributed by atoms with Crippen LogP contribution in [0, 0.1) is 5.92 Å². The zero-order valence-electron chi connectivity index (χ0n) is 13.8. The molecule has 3 nitrogen and oxygen atoms in total. The number of hydrogen-bond donors (Lipinski definition) is 1. The summed E-state index contributed by atoms with van der Waals surface area (Å²) in [7, 11) is 4.00. The lowest BCUT2D eigenvalue weighted by molar-refractivity contribution is -0.118. The summed E-state index contributed by atoms with van der Waals surface area (Å²) in [5.41, 5.74) is 0.848. The first-order chi connectivity index (χ1) is 10.0. The standard InChI is InChI=1S/C18H27NO2.ClH/c1-4-5-6-9-16(14-19(2)3)18(21)12-11-15-8-7-10-17(20)13-15;/h7-8,10-13,16,20H,4-6,9,14H2,1-3H3;1H/b12-11+;. The van der Waals surface area contributed by atoms with Crippen LogP contribution in [0.15, 0.2) is 30.3 Å². The van der Waals surface area contributed by atoms with Crippen LogP contribution in [0.4, 0.5) is 0 Å². The van der Waals surface area contributed by atoms with Gasteiger partial charge in [0, 0.05) is 12.5 Å². The Morgan fingerprint density at radius 2 is 2.05 bits per heavy atom. The Balaban J connectivity index is 0.00000441. The zero-order valence-corrected chi connectivity index (χ0v) is 14.6. The van der Waals surface area contributed by atoms with E-state index in [9.17, 15) is 9.90 Å². The molecule has 0 bridgehead atoms. The van der Waals surface area contributed by atoms with E-state index in [1.165, 1.54) is 12.8 Å². The van der Waals surface area contributed by atoms with Gasteiger partial charge in [0.05, 0.1) is 0 Å². The molecule has 1 aromatic rings. The van der Waals surface area contributed by atoms with Gasteiger partial charge in [-0.15, -0.1) is 12.4 Å². The first-order valence-corrected chi connectivity index (χ1v) is 7.68. The molecule has 0 spiro atoms. The van der Waals surface area contributed by atoms with Gasteiger partial charge >= 0.3 is 0 Å². The molecule has 1 atom stereocenters. The Labute approximate surface area is 140 Å². The number of rotatable bonds is 9. The van der Waals surface area contributed by atoms with E-state index >= 15 is 0 Å². The van der Waals surface area contributed by atoms with E-state index in [4.69, 9.17) is 0 Å². The molecule has 0 saturated heterocycles. The molecule has 0 fully saturated rings. The average Bonchev–Trinajstić information content (AvgIpc) is 2.43. The van der Waals surface area contributed by atoms with E-state index in [1.54, 1.807) is 30.4 Å². The maximum atomic E-state index is 12.4. The van der Waals surface area contributed by atoms with Crippen LogP contribution in [0.2, 0.25) is 0 Å². The number of phenols is 1. The molecular formula is C18H28ClNO2. The molecule has 1 N–H and O–H groups in total. The second-order valence-corrected chi connectivity index (χ2v) is 5.79. The molecule has 0 amide bonds. The Bertz CT molecular complexity index is 472. The highest BCUT2D eigenvalue weighted by atomic mass is 35.5. The third-order valence-electron chi connectivity index (χ3n) is 3.45. The first-order valence-electron chi connectivity index (χ1n) is 7.68. The molecule has 124 valence electrons. The highest BCUT2D eigenvalue weighted by Crippen LogP contribution is 2.15. The Kier molecular flexibility index (Phi) is 10.6. The third kappa shape index (κ3) is 8.20. The van der Waals surface area contributed by atoms with Crippen molar-refractivity contribution in [1.29, 1.82) is 0 Å². The van der Waals surface area contributed by atoms with Crippen LogP contribution in [-0.4, -0.2) is 36.4 Å². The Morgan fingerprint density at radius 1 is 1.32 bits per heavy atom. The Hall–Kier alpha value is -1.32. The SMILES string of the molecule is CCCCCC(CN(C)C)C(=O)/C=C/c1cccc(O)c1.Cl. The van der Waals surface area contributed by atoms with Crippen LogP contribution in [-0.2, 0) is 4.79 Å². The third-order valence-corrected chi connectivity index (χ3v) is 3.45. The van der Waals surface area contributed by atoms with Crippen LogP contribution in [0.5, 0.6) is 5.75 Å². The van der Waals surface area contributed by atoms with E-state index in [0.717, 1.165) is 24.9 Å². The molecule has 4 heteroatoms. The number of unbranched alkanes of at least 4 members (excludes halogenated alkanes) is 2. The minimum Gasteiger partial charge on any atom is -0.508 e. The van der Waals surface area contributed by atoms with Gasteiger partial charge in [0.2, 0.25) is 0 Å². The maximum Gasteiger partial charge on any atom is 0.160 e. The van der Waals surface area contributed by atoms with Gasteiger partial charge in [0.15, 0.2) is 5.78 Å². The quantitative estimate of drug-likeness (QED) is 0.547. The minimum atomic E-state index is 0. The predicted molar refractivity (Wildman–Crippen MR) is 95.6 cm³/mol. The number of allylic oxidation sites excluding steroid dienone is 1. The molecular weight excluding hydrogens is 298 g/mol. The van der Waals surface area contributed by atoms with Crippen molar-refractivity contribution in [2.45, 2.75) is 32.6 Å². The van der Waals surface area contributed by atoms with E-state index < -0.39 is 0 Å². The highest BCUT2D eigenvalue weighted by Gasteiger charge is 2.16. The van der Waals surface area contributed by atoms with E-state index in [1.807, 2.05) is 20.2 Å². The lowest BCUT2D eigenvalue weighted by Gasteiger charge is -2.18. The van der Waals surface area contributed by atoms with Crippen molar-refractivity contribution in [3.63, 3.8) is 0 Å². The summed E-state index contributed by atoms with van der Waals surface area (Å²) >= 11 is 0. The number of hydrogen-bond acceptors (Lipinski definition) is 3. The summed E-state index contributed by atoms with van der Waals surface area (Å²) in [5.74, 6) is 0.445. The van der Waals surface area contributed by atoms with E-state index in [-0.39, 0.29) is 29.9 Å². The number of carbonyl (C=O) groups is 1. The predicted octanol–water partition coefficient (Wildman–Crippen LogP) is 4.15. The fraction of sp³-hybridized carbons (Fsp3) is 0.500. The smallest absolute Gasteiger partial charge is 0.160 e. The minimum absolute atomic E-state index is 0. The molecule has 22 heavy (non-hydrogen) atoms. The number of aromatic hydroxyl groups is 1. The molecule has 1 rings (SSSR count). The van der Waals surface area contributed by atoms with Gasteiger partial charge in [-0.2, -0.15) is 0 Å². The summed E-state index contributed by atoms with van der Waals surface area (Å²) in [6.07, 6.45) is 7.81. The molecule has 0 radical (unpaired) electrons. The average molecular weight is 326 g/mol. The largest absolute Gasteiger partial charge is 0.508 e. The second-order valence-electron chi connectivity index (χ2n) is 5.79. The molecule has 0 aliphatic carbocycles. The molecule has 0 aromatic heterocycles. The van der Waals surface area contributed by atoms with Crippen LogP contribution in [0.3, 0.4) is 0 Å². The number of ketones is 1. The van der Waals surface area contributed by atoms with Crippen molar-refractivity contribution < 1.29 is 9.90 Å². The lowest BCUT2D eigenvalue weighted by atomic mass is 9.95. The fourth-order valence-corrected chi connectivity index (χ4v) is 2.35. The normalized spacial score (nSPS) is 12.4. The van der Waals surface area contributed by atoms with Crippen LogP contribution in [0.1, 0.15) is 38.2 Å². The van der Waals surface area contributed by atoms with E-state index in [0.29, 0.717) is 0 Å². The van der Waals surface area contributed by atoms with Gasteiger partial charge in [0.1, 0.15) is 5.75 Å². The van der Waals surface area contributed by atoms with Crippen molar-refractivity contribution >= 4 is 24.3 Å². The first kappa shape index (κ1) is 20.7. The molecule has 1 unspecified atom stereocenters. The van der Waals surface area contributed by atoms with Gasteiger partial charge in [-0.1, -0.05) is 44.4 Å². The summed E-state index contributed by atoms with van der Waals surface area (Å²) in [5, 5.41) is 9.42. The topological polar surface area (TPSA) is 40.5 Å². The van der Waals surface area contributed by atoms with Crippen molar-refractivity contribution in [1.82, 2.24) is 4.90 Å². The molecule has 0 saturated carbocycles. The highest BCUT2D eigenvalue weighted by molar-refractivity contribution is 5.95. The van der Waals surface area contributed by atoms with Gasteiger partial charge < -0.3 is 10.0 Å². The Morgan fingerprint density at radius 3 is 2.64 bits per heavy atom. The number of phenolic OH excluding ortho intramolecular Hbond substituents is 1. The monoisotopic (exact) mass is 325 g/mol. The van der Waals surface area contributed by atoms with Crippen LogP contribution < -0.4 is 0 Å². The van der Waals surface area contributed by atoms with Crippen LogP contribution in [0.25, 0.3) is 6.08 Å². The summed E-state index contributed by atoms with van der Waals surface area (Å²) < 4.78 is 0. The van der Waals surface area contributed by atoms with Gasteiger partial charge in [-0.3, -0.25) is 4.79 Å². The molecule has 1 aromatic carbocycles. The van der Waals surface area contributed by atoms with Crippen molar-refractivity contribution in [2.75, 3.05) is 20.6 Å². The summed E-state index contributed by atoms with van der Waals surface area (Å²) in [4.78, 5) is 14.4. The van der Waals surface area contributed by atoms with E-state index in [2.05, 4.69) is 11.8 Å². The summed E-state index contributed by atoms with van der Waals surface area (Å²) in [6, 6.07) is 6.93. The molecule has 0 aliphatic heterocycles. The van der Waals surface area contributed by atoms with Crippen molar-refractivity contribution in [2.24, 2.45) is 5.92 Å². The number of carbonyl (C=O) groups excluding carboxylic acids is 1. The van der Waals surface area contributed by atoms with Crippen LogP contribution >= 0.6 is 12.4 Å². The van der Waals surface area contributed by atoms with Gasteiger partial charge in [-0.25, -0.2) is 0 Å². The molecule has 0 aliphatic rings. The number of nitrogens with zero attached hydrogens (tertiary/aromatic N) is 1. The van der Waals surface area contributed by atoms with Crippen molar-refractivity contribution in [3.05, 3.63) is 35.9 Å². The number of benzene rings is 1. The fourth-order valence-electron chi connectivity index (χ4n) is 2.35. The maximum absolute atomic E-state index is 12.4.